The Bertz CT molecular complexity index is 1090. The normalized spacial score (nSPS) is 12.5. The molecule has 0 aromatic heterocycles. The minimum atomic E-state index is -0.789. The molecule has 0 spiro atoms. The van der Waals surface area contributed by atoms with Crippen molar-refractivity contribution in [2.24, 2.45) is 0 Å². The molecule has 0 aliphatic heterocycles. The zero-order chi connectivity index (χ0) is 43.0. The molecule has 0 radical (unpaired) electrons. The standard InChI is InChI=1S/C53H92O6/c1-4-7-10-13-16-19-22-24-25-26-27-29-31-34-37-40-43-46-52(55)58-49-50(48-57-51(54)45-42-39-36-33-30-21-18-15-12-9-6-3)59-53(56)47-44-41-38-35-32-28-23-20-17-14-11-8-5-2/h15-16,18-20,23-25,27,29,50H,4-14,17,21-22,26,28,30-49H2,1-3H3/b18-15-,19-16-,23-20-,25-24-,29-27-/t50-/m0/s1. The van der Waals surface area contributed by atoms with Crippen LogP contribution in [0.2, 0.25) is 0 Å². The maximum atomic E-state index is 12.7. The fourth-order valence-electron chi connectivity index (χ4n) is 6.66. The smallest absolute Gasteiger partial charge is 0.306 e. The summed E-state index contributed by atoms with van der Waals surface area (Å²) in [6.07, 6.45) is 57.7. The summed E-state index contributed by atoms with van der Waals surface area (Å²) in [6, 6.07) is 0. The monoisotopic (exact) mass is 825 g/mol. The second-order valence-corrected chi connectivity index (χ2v) is 16.4. The molecular formula is C53H92O6. The summed E-state index contributed by atoms with van der Waals surface area (Å²) in [7, 11) is 0. The molecule has 0 aromatic carbocycles. The first-order valence-electron chi connectivity index (χ1n) is 24.8. The Kier molecular flexibility index (Phi) is 45.4. The van der Waals surface area contributed by atoms with E-state index in [1.165, 1.54) is 96.3 Å². The van der Waals surface area contributed by atoms with Crippen molar-refractivity contribution in [1.82, 2.24) is 0 Å². The highest BCUT2D eigenvalue weighted by molar-refractivity contribution is 5.71. The Labute approximate surface area is 364 Å². The summed E-state index contributed by atoms with van der Waals surface area (Å²) < 4.78 is 16.7. The third kappa shape index (κ3) is 46.0. The van der Waals surface area contributed by atoms with Crippen molar-refractivity contribution in [1.29, 1.82) is 0 Å². The van der Waals surface area contributed by atoms with Gasteiger partial charge in [0.1, 0.15) is 13.2 Å². The zero-order valence-electron chi connectivity index (χ0n) is 38.8. The number of rotatable bonds is 44. The number of hydrogen-bond donors (Lipinski definition) is 0. The van der Waals surface area contributed by atoms with E-state index in [1.54, 1.807) is 0 Å². The minimum absolute atomic E-state index is 0.0895. The molecule has 0 saturated carbocycles. The van der Waals surface area contributed by atoms with Gasteiger partial charge in [-0.1, -0.05) is 178 Å². The number of allylic oxidation sites excluding steroid dienone is 10. The van der Waals surface area contributed by atoms with Gasteiger partial charge < -0.3 is 14.2 Å². The van der Waals surface area contributed by atoms with E-state index in [-0.39, 0.29) is 31.1 Å². The van der Waals surface area contributed by atoms with E-state index in [9.17, 15) is 14.4 Å². The highest BCUT2D eigenvalue weighted by Crippen LogP contribution is 2.13. The van der Waals surface area contributed by atoms with Gasteiger partial charge in [-0.05, 0) is 103 Å². The largest absolute Gasteiger partial charge is 0.462 e. The molecule has 6 nitrogen and oxygen atoms in total. The second-order valence-electron chi connectivity index (χ2n) is 16.4. The predicted octanol–water partition coefficient (Wildman–Crippen LogP) is 16.1. The average Bonchev–Trinajstić information content (AvgIpc) is 3.23. The van der Waals surface area contributed by atoms with E-state index in [1.807, 2.05) is 0 Å². The highest BCUT2D eigenvalue weighted by atomic mass is 16.6. The van der Waals surface area contributed by atoms with Crippen molar-refractivity contribution < 1.29 is 28.6 Å². The SMILES string of the molecule is CCCC/C=C\CCCCCCCC(=O)OC[C@@H](COC(=O)CCCCCC/C=C\C/C=C\C/C=C\CCCCC)OC(=O)CCCCCCC/C=C\CCCCCC. The van der Waals surface area contributed by atoms with Gasteiger partial charge in [0, 0.05) is 19.3 Å². The molecule has 6 heteroatoms. The number of esters is 3. The van der Waals surface area contributed by atoms with Gasteiger partial charge in [-0.3, -0.25) is 14.4 Å². The van der Waals surface area contributed by atoms with Gasteiger partial charge in [-0.15, -0.1) is 0 Å². The highest BCUT2D eigenvalue weighted by Gasteiger charge is 2.19. The van der Waals surface area contributed by atoms with Gasteiger partial charge in [0.15, 0.2) is 6.10 Å². The van der Waals surface area contributed by atoms with E-state index >= 15 is 0 Å². The average molecular weight is 825 g/mol. The lowest BCUT2D eigenvalue weighted by molar-refractivity contribution is -0.167. The van der Waals surface area contributed by atoms with Crippen LogP contribution in [0.4, 0.5) is 0 Å². The number of unbranched alkanes of at least 4 members (excludes halogenated alkanes) is 23. The van der Waals surface area contributed by atoms with Crippen molar-refractivity contribution in [3.05, 3.63) is 60.8 Å². The van der Waals surface area contributed by atoms with E-state index in [2.05, 4.69) is 81.5 Å². The topological polar surface area (TPSA) is 78.9 Å². The van der Waals surface area contributed by atoms with Crippen molar-refractivity contribution in [3.8, 4) is 0 Å². The third-order valence-corrected chi connectivity index (χ3v) is 10.5. The molecule has 0 amide bonds. The lowest BCUT2D eigenvalue weighted by atomic mass is 10.1. The molecule has 340 valence electrons. The van der Waals surface area contributed by atoms with Gasteiger partial charge >= 0.3 is 17.9 Å². The fraction of sp³-hybridized carbons (Fsp3) is 0.755. The lowest BCUT2D eigenvalue weighted by Gasteiger charge is -2.18. The lowest BCUT2D eigenvalue weighted by Crippen LogP contribution is -2.30. The Balaban J connectivity index is 4.42. The third-order valence-electron chi connectivity index (χ3n) is 10.5. The summed E-state index contributed by atoms with van der Waals surface area (Å²) >= 11 is 0. The first kappa shape index (κ1) is 56.1. The van der Waals surface area contributed by atoms with Crippen molar-refractivity contribution in [2.45, 2.75) is 245 Å². The van der Waals surface area contributed by atoms with Gasteiger partial charge in [0.2, 0.25) is 0 Å². The molecule has 0 N–H and O–H groups in total. The van der Waals surface area contributed by atoms with Gasteiger partial charge in [-0.25, -0.2) is 0 Å². The van der Waals surface area contributed by atoms with Crippen LogP contribution in [0.5, 0.6) is 0 Å². The molecule has 0 rings (SSSR count). The molecular weight excluding hydrogens is 733 g/mol. The molecule has 1 atom stereocenters. The van der Waals surface area contributed by atoms with E-state index in [0.717, 1.165) is 103 Å². The summed E-state index contributed by atoms with van der Waals surface area (Å²) in [5.74, 6) is -0.929. The van der Waals surface area contributed by atoms with Gasteiger partial charge in [0.05, 0.1) is 0 Å². The number of ether oxygens (including phenoxy) is 3. The summed E-state index contributed by atoms with van der Waals surface area (Å²) in [5.41, 5.74) is 0. The first-order valence-corrected chi connectivity index (χ1v) is 24.8. The van der Waals surface area contributed by atoms with Crippen molar-refractivity contribution >= 4 is 17.9 Å². The van der Waals surface area contributed by atoms with Crippen LogP contribution in [0.15, 0.2) is 60.8 Å². The quantitative estimate of drug-likeness (QED) is 0.0263. The van der Waals surface area contributed by atoms with E-state index in [4.69, 9.17) is 14.2 Å². The molecule has 0 fully saturated rings. The maximum Gasteiger partial charge on any atom is 0.306 e. The van der Waals surface area contributed by atoms with Crippen molar-refractivity contribution in [2.75, 3.05) is 13.2 Å². The Hall–Kier alpha value is -2.89. The molecule has 0 aromatic rings. The minimum Gasteiger partial charge on any atom is -0.462 e. The zero-order valence-corrected chi connectivity index (χ0v) is 38.8. The second kappa shape index (κ2) is 47.8. The van der Waals surface area contributed by atoms with Crippen LogP contribution in [-0.2, 0) is 28.6 Å². The van der Waals surface area contributed by atoms with Crippen molar-refractivity contribution in [3.63, 3.8) is 0 Å². The summed E-state index contributed by atoms with van der Waals surface area (Å²) in [5, 5.41) is 0. The summed E-state index contributed by atoms with van der Waals surface area (Å²) in [6.45, 7) is 6.52. The van der Waals surface area contributed by atoms with Crippen LogP contribution in [-0.4, -0.2) is 37.2 Å². The predicted molar refractivity (Wildman–Crippen MR) is 251 cm³/mol. The Morgan fingerprint density at radius 1 is 0.339 bits per heavy atom. The Morgan fingerprint density at radius 2 is 0.627 bits per heavy atom. The molecule has 0 aliphatic rings. The van der Waals surface area contributed by atoms with Crippen LogP contribution < -0.4 is 0 Å². The van der Waals surface area contributed by atoms with Crippen LogP contribution in [0.3, 0.4) is 0 Å². The van der Waals surface area contributed by atoms with Crippen LogP contribution in [0, 0.1) is 0 Å². The Morgan fingerprint density at radius 3 is 1.05 bits per heavy atom. The van der Waals surface area contributed by atoms with Crippen LogP contribution in [0.25, 0.3) is 0 Å². The van der Waals surface area contributed by atoms with Crippen LogP contribution >= 0.6 is 0 Å². The number of carbonyl (C=O) groups excluding carboxylic acids is 3. The maximum absolute atomic E-state index is 12.7. The molecule has 59 heavy (non-hydrogen) atoms. The van der Waals surface area contributed by atoms with Gasteiger partial charge in [-0.2, -0.15) is 0 Å². The van der Waals surface area contributed by atoms with E-state index < -0.39 is 6.10 Å². The summed E-state index contributed by atoms with van der Waals surface area (Å²) in [4.78, 5) is 37.8. The molecule has 0 saturated heterocycles. The fourth-order valence-corrected chi connectivity index (χ4v) is 6.66. The number of carbonyl (C=O) groups is 3. The first-order chi connectivity index (χ1) is 29.0. The van der Waals surface area contributed by atoms with E-state index in [0.29, 0.717) is 19.3 Å². The molecule has 0 heterocycles. The molecule has 0 aliphatic carbocycles. The molecule has 0 bridgehead atoms. The van der Waals surface area contributed by atoms with Crippen LogP contribution in [0.1, 0.15) is 239 Å². The molecule has 0 unspecified atom stereocenters. The number of hydrogen-bond acceptors (Lipinski definition) is 6. The van der Waals surface area contributed by atoms with Gasteiger partial charge in [0.25, 0.3) is 0 Å².